The lowest BCUT2D eigenvalue weighted by molar-refractivity contribution is 1.30. The molecule has 0 aliphatic heterocycles. The van der Waals surface area contributed by atoms with Crippen molar-refractivity contribution in [3.63, 3.8) is 0 Å². The molecule has 0 N–H and O–H groups in total. The van der Waals surface area contributed by atoms with E-state index in [0.717, 1.165) is 11.4 Å². The maximum atomic E-state index is 4.22. The Balaban J connectivity index is 3.90. The van der Waals surface area contributed by atoms with Crippen molar-refractivity contribution in [3.8, 4) is 0 Å². The first-order chi connectivity index (χ1) is 4.16. The molecule has 0 aliphatic carbocycles. The van der Waals surface area contributed by atoms with E-state index in [0.29, 0.717) is 0 Å². The third kappa shape index (κ3) is 5.63. The Morgan fingerprint density at radius 2 is 1.89 bits per heavy atom. The second-order valence-electron chi connectivity index (χ2n) is 2.05. The molecule has 52 valence electrons. The number of aliphatic imine (C=N–C) groups is 1. The summed E-state index contributed by atoms with van der Waals surface area (Å²) in [6, 6.07) is 0. The molecule has 2 heteroatoms. The summed E-state index contributed by atoms with van der Waals surface area (Å²) in [5.74, 6) is 0. The summed E-state index contributed by atoms with van der Waals surface area (Å²) in [5, 5.41) is 2.03. The summed E-state index contributed by atoms with van der Waals surface area (Å²) >= 11 is 1.68. The van der Waals surface area contributed by atoms with Gasteiger partial charge in [-0.15, -0.1) is 11.8 Å². The van der Waals surface area contributed by atoms with Crippen LogP contribution >= 0.6 is 11.8 Å². The second kappa shape index (κ2) is 4.62. The molecule has 0 rings (SSSR count). The summed E-state index contributed by atoms with van der Waals surface area (Å²) in [4.78, 5) is 4.22. The molecule has 0 amide bonds. The topological polar surface area (TPSA) is 12.4 Å². The molecule has 0 fully saturated rings. The highest BCUT2D eigenvalue weighted by atomic mass is 32.2. The number of allylic oxidation sites excluding steroid dienone is 1. The van der Waals surface area contributed by atoms with Crippen molar-refractivity contribution in [2.24, 2.45) is 4.99 Å². The molecule has 1 nitrogen and oxygen atoms in total. The highest BCUT2D eigenvalue weighted by molar-refractivity contribution is 8.01. The Morgan fingerprint density at radius 3 is 2.22 bits per heavy atom. The molecule has 0 aromatic heterocycles. The van der Waals surface area contributed by atoms with Crippen molar-refractivity contribution in [3.05, 3.63) is 11.1 Å². The maximum Gasteiger partial charge on any atom is 0.0434 e. The van der Waals surface area contributed by atoms with E-state index in [1.165, 1.54) is 0 Å². The lowest BCUT2D eigenvalue weighted by atomic mass is 10.5. The van der Waals surface area contributed by atoms with E-state index in [-0.39, 0.29) is 0 Å². The van der Waals surface area contributed by atoms with Crippen LogP contribution in [-0.2, 0) is 0 Å². The van der Waals surface area contributed by atoms with Crippen LogP contribution in [0.15, 0.2) is 16.1 Å². The van der Waals surface area contributed by atoms with Crippen LogP contribution in [0, 0.1) is 0 Å². The third-order valence-corrected chi connectivity index (χ3v) is 1.27. The molecule has 0 heterocycles. The molecular weight excluding hydrogens is 130 g/mol. The van der Waals surface area contributed by atoms with E-state index in [1.807, 2.05) is 32.4 Å². The second-order valence-corrected chi connectivity index (χ2v) is 2.76. The van der Waals surface area contributed by atoms with Crippen LogP contribution < -0.4 is 0 Å². The van der Waals surface area contributed by atoms with Crippen LogP contribution in [0.5, 0.6) is 0 Å². The molecule has 0 saturated carbocycles. The maximum absolute atomic E-state index is 4.22. The van der Waals surface area contributed by atoms with Gasteiger partial charge in [-0.3, -0.25) is 4.99 Å². The average molecular weight is 143 g/mol. The minimum atomic E-state index is 1.09. The van der Waals surface area contributed by atoms with Crippen molar-refractivity contribution >= 4 is 17.5 Å². The third-order valence-electron chi connectivity index (χ3n) is 0.688. The molecule has 0 saturated heterocycles. The predicted octanol–water partition coefficient (Wildman–Crippen LogP) is 2.69. The predicted molar refractivity (Wildman–Crippen MR) is 46.1 cm³/mol. The first kappa shape index (κ1) is 8.76. The standard InChI is InChI=1S/C7H13NS/c1-6(2)8-7(3)5-9-4/h5H,1-4H3/b7-5-. The molecule has 0 spiro atoms. The van der Waals surface area contributed by atoms with E-state index < -0.39 is 0 Å². The SMILES string of the molecule is CS/C=C(/C)N=C(C)C. The van der Waals surface area contributed by atoms with Crippen LogP contribution in [0.3, 0.4) is 0 Å². The molecule has 0 radical (unpaired) electrons. The minimum Gasteiger partial charge on any atom is -0.263 e. The van der Waals surface area contributed by atoms with Gasteiger partial charge in [0.15, 0.2) is 0 Å². The Kier molecular flexibility index (Phi) is 4.50. The Morgan fingerprint density at radius 1 is 1.33 bits per heavy atom. The zero-order chi connectivity index (χ0) is 7.28. The van der Waals surface area contributed by atoms with Gasteiger partial charge in [0, 0.05) is 11.4 Å². The molecule has 0 aromatic rings. The van der Waals surface area contributed by atoms with Gasteiger partial charge in [-0.2, -0.15) is 0 Å². The van der Waals surface area contributed by atoms with Gasteiger partial charge in [0.05, 0.1) is 0 Å². The summed E-state index contributed by atoms with van der Waals surface area (Å²) in [7, 11) is 0. The van der Waals surface area contributed by atoms with E-state index in [1.54, 1.807) is 11.8 Å². The zero-order valence-corrected chi connectivity index (χ0v) is 7.25. The van der Waals surface area contributed by atoms with Crippen molar-refractivity contribution in [1.82, 2.24) is 0 Å². The van der Waals surface area contributed by atoms with Gasteiger partial charge >= 0.3 is 0 Å². The molecule has 9 heavy (non-hydrogen) atoms. The molecule has 0 unspecified atom stereocenters. The summed E-state index contributed by atoms with van der Waals surface area (Å²) in [5.41, 5.74) is 2.19. The highest BCUT2D eigenvalue weighted by Gasteiger charge is 1.80. The summed E-state index contributed by atoms with van der Waals surface area (Å²) in [6.45, 7) is 6.00. The molecule has 0 bridgehead atoms. The number of nitrogens with zero attached hydrogens (tertiary/aromatic N) is 1. The number of rotatable bonds is 2. The highest BCUT2D eigenvalue weighted by Crippen LogP contribution is 2.03. The van der Waals surface area contributed by atoms with Crippen LogP contribution in [0.25, 0.3) is 0 Å². The molecule has 0 aromatic carbocycles. The van der Waals surface area contributed by atoms with Crippen LogP contribution in [0.1, 0.15) is 20.8 Å². The number of hydrogen-bond donors (Lipinski definition) is 0. The van der Waals surface area contributed by atoms with Crippen LogP contribution in [-0.4, -0.2) is 12.0 Å². The largest absolute Gasteiger partial charge is 0.263 e. The fraction of sp³-hybridized carbons (Fsp3) is 0.571. The van der Waals surface area contributed by atoms with Gasteiger partial charge < -0.3 is 0 Å². The fourth-order valence-electron chi connectivity index (χ4n) is 0.550. The first-order valence-electron chi connectivity index (χ1n) is 2.88. The van der Waals surface area contributed by atoms with Gasteiger partial charge in [-0.1, -0.05) is 0 Å². The van der Waals surface area contributed by atoms with E-state index in [9.17, 15) is 0 Å². The zero-order valence-electron chi connectivity index (χ0n) is 6.43. The van der Waals surface area contributed by atoms with Gasteiger partial charge in [-0.05, 0) is 32.4 Å². The van der Waals surface area contributed by atoms with Crippen molar-refractivity contribution in [2.75, 3.05) is 6.26 Å². The minimum absolute atomic E-state index is 1.09. The van der Waals surface area contributed by atoms with Gasteiger partial charge in [-0.25, -0.2) is 0 Å². The van der Waals surface area contributed by atoms with Gasteiger partial charge in [0.25, 0.3) is 0 Å². The lowest BCUT2D eigenvalue weighted by Gasteiger charge is -1.90. The van der Waals surface area contributed by atoms with E-state index in [2.05, 4.69) is 4.99 Å². The lowest BCUT2D eigenvalue weighted by Crippen LogP contribution is -1.79. The quantitative estimate of drug-likeness (QED) is 0.541. The smallest absolute Gasteiger partial charge is 0.0434 e. The van der Waals surface area contributed by atoms with E-state index >= 15 is 0 Å². The Bertz CT molecular complexity index is 132. The number of hydrogen-bond acceptors (Lipinski definition) is 2. The monoisotopic (exact) mass is 143 g/mol. The van der Waals surface area contributed by atoms with E-state index in [4.69, 9.17) is 0 Å². The summed E-state index contributed by atoms with van der Waals surface area (Å²) < 4.78 is 0. The van der Waals surface area contributed by atoms with Crippen LogP contribution in [0.2, 0.25) is 0 Å². The molecule has 0 atom stereocenters. The summed E-state index contributed by atoms with van der Waals surface area (Å²) in [6.07, 6.45) is 2.03. The Labute approximate surface area is 61.3 Å². The fourth-order valence-corrected chi connectivity index (χ4v) is 0.943. The van der Waals surface area contributed by atoms with Gasteiger partial charge in [0.2, 0.25) is 0 Å². The number of thioether (sulfide) groups is 1. The van der Waals surface area contributed by atoms with Gasteiger partial charge in [0.1, 0.15) is 0 Å². The van der Waals surface area contributed by atoms with Crippen molar-refractivity contribution in [1.29, 1.82) is 0 Å². The molecular formula is C7H13NS. The average Bonchev–Trinajstić information content (AvgIpc) is 1.63. The normalized spacial score (nSPS) is 11.3. The Hall–Kier alpha value is -0.240. The van der Waals surface area contributed by atoms with Crippen LogP contribution in [0.4, 0.5) is 0 Å². The first-order valence-corrected chi connectivity index (χ1v) is 4.17. The molecule has 0 aliphatic rings. The van der Waals surface area contributed by atoms with Crippen molar-refractivity contribution in [2.45, 2.75) is 20.8 Å². The van der Waals surface area contributed by atoms with Crippen molar-refractivity contribution < 1.29 is 0 Å².